The number of alkyl halides is 1. The van der Waals surface area contributed by atoms with Gasteiger partial charge in [0, 0.05) is 18.5 Å². The molecule has 0 amide bonds. The van der Waals surface area contributed by atoms with Gasteiger partial charge in [-0.2, -0.15) is 0 Å². The van der Waals surface area contributed by atoms with Gasteiger partial charge in [-0.1, -0.05) is 0 Å². The van der Waals surface area contributed by atoms with E-state index < -0.39 is 0 Å². The van der Waals surface area contributed by atoms with Crippen LogP contribution in [-0.2, 0) is 6.54 Å². The summed E-state index contributed by atoms with van der Waals surface area (Å²) in [5.74, 6) is 1.58. The monoisotopic (exact) mass is 227 g/mol. The Kier molecular flexibility index (Phi) is 5.64. The number of rotatable bonds is 7. The van der Waals surface area contributed by atoms with Crippen molar-refractivity contribution in [2.75, 3.05) is 27.4 Å². The Morgan fingerprint density at radius 2 is 2.19 bits per heavy atom. The zero-order chi connectivity index (χ0) is 11.8. The molecule has 0 radical (unpaired) electrons. The summed E-state index contributed by atoms with van der Waals surface area (Å²) in [7, 11) is 3.49. The molecule has 1 rings (SSSR count). The van der Waals surface area contributed by atoms with E-state index in [1.165, 1.54) is 0 Å². The molecule has 16 heavy (non-hydrogen) atoms. The van der Waals surface area contributed by atoms with E-state index in [1.807, 2.05) is 25.2 Å². The lowest BCUT2D eigenvalue weighted by Gasteiger charge is -2.12. The van der Waals surface area contributed by atoms with Crippen LogP contribution in [0.15, 0.2) is 18.2 Å². The molecule has 0 aliphatic rings. The van der Waals surface area contributed by atoms with Crippen molar-refractivity contribution < 1.29 is 13.9 Å². The lowest BCUT2D eigenvalue weighted by molar-refractivity contribution is 0.286. The van der Waals surface area contributed by atoms with Crippen molar-refractivity contribution in [3.8, 4) is 11.5 Å². The SMILES string of the molecule is CNCc1cc(OC)ccc1OCCCF. The predicted molar refractivity (Wildman–Crippen MR) is 61.8 cm³/mol. The van der Waals surface area contributed by atoms with Gasteiger partial charge in [0.25, 0.3) is 0 Å². The standard InChI is InChI=1S/C12H18FNO2/c1-14-9-10-8-11(15-2)4-5-12(10)16-7-3-6-13/h4-5,8,14H,3,6-7,9H2,1-2H3. The van der Waals surface area contributed by atoms with Crippen LogP contribution in [0.3, 0.4) is 0 Å². The smallest absolute Gasteiger partial charge is 0.124 e. The molecular formula is C12H18FNO2. The van der Waals surface area contributed by atoms with E-state index in [2.05, 4.69) is 5.32 Å². The van der Waals surface area contributed by atoms with E-state index in [4.69, 9.17) is 9.47 Å². The van der Waals surface area contributed by atoms with Gasteiger partial charge in [0.15, 0.2) is 0 Å². The highest BCUT2D eigenvalue weighted by atomic mass is 19.1. The van der Waals surface area contributed by atoms with Crippen LogP contribution in [0.2, 0.25) is 0 Å². The maximum atomic E-state index is 12.0. The third-order valence-electron chi connectivity index (χ3n) is 2.17. The predicted octanol–water partition coefficient (Wildman–Crippen LogP) is 2.15. The lowest BCUT2D eigenvalue weighted by atomic mass is 10.2. The topological polar surface area (TPSA) is 30.5 Å². The number of halogens is 1. The first kappa shape index (κ1) is 12.8. The lowest BCUT2D eigenvalue weighted by Crippen LogP contribution is -2.08. The Labute approximate surface area is 95.6 Å². The van der Waals surface area contributed by atoms with E-state index in [0.717, 1.165) is 17.1 Å². The van der Waals surface area contributed by atoms with Gasteiger partial charge in [-0.05, 0) is 25.2 Å². The minimum atomic E-state index is -0.350. The number of benzene rings is 1. The molecule has 4 heteroatoms. The second-order valence-corrected chi connectivity index (χ2v) is 3.39. The molecule has 3 nitrogen and oxygen atoms in total. The summed E-state index contributed by atoms with van der Waals surface area (Å²) in [5, 5.41) is 3.06. The van der Waals surface area contributed by atoms with Crippen molar-refractivity contribution in [1.82, 2.24) is 5.32 Å². The highest BCUT2D eigenvalue weighted by Gasteiger charge is 2.04. The summed E-state index contributed by atoms with van der Waals surface area (Å²) in [5.41, 5.74) is 1.01. The first-order valence-electron chi connectivity index (χ1n) is 5.32. The Balaban J connectivity index is 2.72. The van der Waals surface area contributed by atoms with E-state index >= 15 is 0 Å². The van der Waals surface area contributed by atoms with Gasteiger partial charge < -0.3 is 14.8 Å². The Morgan fingerprint density at radius 1 is 1.38 bits per heavy atom. The van der Waals surface area contributed by atoms with Crippen LogP contribution in [0, 0.1) is 0 Å². The number of nitrogens with one attached hydrogen (secondary N) is 1. The van der Waals surface area contributed by atoms with Gasteiger partial charge in [-0.25, -0.2) is 0 Å². The van der Waals surface area contributed by atoms with Crippen LogP contribution < -0.4 is 14.8 Å². The number of ether oxygens (including phenoxy) is 2. The van der Waals surface area contributed by atoms with Crippen LogP contribution >= 0.6 is 0 Å². The zero-order valence-electron chi connectivity index (χ0n) is 9.75. The second-order valence-electron chi connectivity index (χ2n) is 3.39. The van der Waals surface area contributed by atoms with Crippen LogP contribution in [0.5, 0.6) is 11.5 Å². The first-order valence-corrected chi connectivity index (χ1v) is 5.32. The maximum Gasteiger partial charge on any atom is 0.124 e. The fraction of sp³-hybridized carbons (Fsp3) is 0.500. The Hall–Kier alpha value is -1.29. The van der Waals surface area contributed by atoms with Crippen molar-refractivity contribution in [2.24, 2.45) is 0 Å². The molecule has 1 aromatic carbocycles. The van der Waals surface area contributed by atoms with Crippen LogP contribution in [0.25, 0.3) is 0 Å². The number of hydrogen-bond donors (Lipinski definition) is 1. The molecule has 90 valence electrons. The summed E-state index contributed by atoms with van der Waals surface area (Å²) in [6.45, 7) is 0.749. The van der Waals surface area contributed by atoms with Crippen molar-refractivity contribution in [2.45, 2.75) is 13.0 Å². The maximum absolute atomic E-state index is 12.0. The van der Waals surface area contributed by atoms with Gasteiger partial charge in [0.1, 0.15) is 11.5 Å². The van der Waals surface area contributed by atoms with Crippen LogP contribution in [-0.4, -0.2) is 27.4 Å². The molecule has 0 aliphatic carbocycles. The molecule has 0 aliphatic heterocycles. The highest BCUT2D eigenvalue weighted by Crippen LogP contribution is 2.24. The van der Waals surface area contributed by atoms with E-state index in [9.17, 15) is 4.39 Å². The summed E-state index contributed by atoms with van der Waals surface area (Å²) < 4.78 is 22.6. The highest BCUT2D eigenvalue weighted by molar-refractivity contribution is 5.40. The average Bonchev–Trinajstić information content (AvgIpc) is 2.31. The minimum absolute atomic E-state index is 0.350. The second kappa shape index (κ2) is 7.06. The fourth-order valence-electron chi connectivity index (χ4n) is 1.39. The van der Waals surface area contributed by atoms with Gasteiger partial charge >= 0.3 is 0 Å². The molecule has 0 unspecified atom stereocenters. The zero-order valence-corrected chi connectivity index (χ0v) is 9.75. The molecule has 0 bridgehead atoms. The Morgan fingerprint density at radius 3 is 2.81 bits per heavy atom. The summed E-state index contributed by atoms with van der Waals surface area (Å²) in [6.07, 6.45) is 0.422. The molecule has 0 atom stereocenters. The molecular weight excluding hydrogens is 209 g/mol. The van der Waals surface area contributed by atoms with Gasteiger partial charge in [-0.15, -0.1) is 0 Å². The molecule has 0 saturated heterocycles. The largest absolute Gasteiger partial charge is 0.497 e. The van der Waals surface area contributed by atoms with Crippen molar-refractivity contribution >= 4 is 0 Å². The van der Waals surface area contributed by atoms with E-state index in [0.29, 0.717) is 19.6 Å². The van der Waals surface area contributed by atoms with Crippen LogP contribution in [0.1, 0.15) is 12.0 Å². The van der Waals surface area contributed by atoms with E-state index in [-0.39, 0.29) is 6.67 Å². The minimum Gasteiger partial charge on any atom is -0.497 e. The molecule has 0 aromatic heterocycles. The molecule has 1 aromatic rings. The van der Waals surface area contributed by atoms with Gasteiger partial charge in [-0.3, -0.25) is 4.39 Å². The van der Waals surface area contributed by atoms with Crippen molar-refractivity contribution in [3.63, 3.8) is 0 Å². The third kappa shape index (κ3) is 3.70. The molecule has 1 N–H and O–H groups in total. The van der Waals surface area contributed by atoms with Gasteiger partial charge in [0.2, 0.25) is 0 Å². The quantitative estimate of drug-likeness (QED) is 0.724. The molecule has 0 fully saturated rings. The number of hydrogen-bond acceptors (Lipinski definition) is 3. The van der Waals surface area contributed by atoms with Gasteiger partial charge in [0.05, 0.1) is 20.4 Å². The fourth-order valence-corrected chi connectivity index (χ4v) is 1.39. The third-order valence-corrected chi connectivity index (χ3v) is 2.17. The summed E-state index contributed by atoms with van der Waals surface area (Å²) in [6, 6.07) is 5.61. The summed E-state index contributed by atoms with van der Waals surface area (Å²) in [4.78, 5) is 0. The molecule has 0 heterocycles. The van der Waals surface area contributed by atoms with E-state index in [1.54, 1.807) is 7.11 Å². The average molecular weight is 227 g/mol. The normalized spacial score (nSPS) is 10.2. The molecule has 0 saturated carbocycles. The van der Waals surface area contributed by atoms with Crippen molar-refractivity contribution in [3.05, 3.63) is 23.8 Å². The number of methoxy groups -OCH3 is 1. The molecule has 0 spiro atoms. The van der Waals surface area contributed by atoms with Crippen molar-refractivity contribution in [1.29, 1.82) is 0 Å². The van der Waals surface area contributed by atoms with Crippen LogP contribution in [0.4, 0.5) is 4.39 Å². The Bertz CT molecular complexity index is 318. The first-order chi connectivity index (χ1) is 7.81. The summed E-state index contributed by atoms with van der Waals surface area (Å²) >= 11 is 0.